The molecular weight excluding hydrogens is 270 g/mol. The highest BCUT2D eigenvalue weighted by Crippen LogP contribution is 2.44. The topological polar surface area (TPSA) is 26.3 Å². The summed E-state index contributed by atoms with van der Waals surface area (Å²) >= 11 is 23.1. The molecule has 14 heavy (non-hydrogen) atoms. The molecule has 74 valence electrons. The number of ether oxygens (including phenoxy) is 1. The fourth-order valence-electron chi connectivity index (χ4n) is 1.22. The van der Waals surface area contributed by atoms with Crippen molar-refractivity contribution in [1.29, 1.82) is 0 Å². The minimum absolute atomic E-state index is 0.167. The van der Waals surface area contributed by atoms with Gasteiger partial charge >= 0.3 is 5.97 Å². The van der Waals surface area contributed by atoms with E-state index in [2.05, 4.69) is 0 Å². The molecule has 0 fully saturated rings. The Morgan fingerprint density at radius 1 is 1.21 bits per heavy atom. The summed E-state index contributed by atoms with van der Waals surface area (Å²) in [5.41, 5.74) is -0.239. The summed E-state index contributed by atoms with van der Waals surface area (Å²) in [4.78, 5) is 11.2. The lowest BCUT2D eigenvalue weighted by Crippen LogP contribution is -1.93. The van der Waals surface area contributed by atoms with Crippen LogP contribution in [-0.2, 0) is 4.74 Å². The van der Waals surface area contributed by atoms with E-state index >= 15 is 0 Å². The fraction of sp³-hybridized carbons (Fsp3) is 0.125. The number of fused-ring (bicyclic) bond motifs is 1. The van der Waals surface area contributed by atoms with Crippen LogP contribution in [0.1, 0.15) is 21.5 Å². The third-order valence-corrected chi connectivity index (χ3v) is 3.44. The smallest absolute Gasteiger partial charge is 0.340 e. The molecule has 0 spiro atoms. The molecule has 0 radical (unpaired) electrons. The zero-order valence-electron chi connectivity index (χ0n) is 6.48. The van der Waals surface area contributed by atoms with Crippen LogP contribution < -0.4 is 0 Å². The molecule has 1 aromatic carbocycles. The lowest BCUT2D eigenvalue weighted by atomic mass is 10.1. The molecule has 6 heteroatoms. The molecule has 1 aliphatic heterocycles. The van der Waals surface area contributed by atoms with Crippen molar-refractivity contribution in [3.63, 3.8) is 0 Å². The summed E-state index contributed by atoms with van der Waals surface area (Å²) in [7, 11) is 0. The predicted octanol–water partition coefficient (Wildman–Crippen LogP) is 4.05. The lowest BCUT2D eigenvalue weighted by molar-refractivity contribution is 0.0513. The highest BCUT2D eigenvalue weighted by Gasteiger charge is 2.33. The molecule has 1 aliphatic rings. The van der Waals surface area contributed by atoms with Crippen LogP contribution >= 0.6 is 46.4 Å². The van der Waals surface area contributed by atoms with E-state index in [4.69, 9.17) is 51.1 Å². The molecule has 1 atom stereocenters. The van der Waals surface area contributed by atoms with Crippen LogP contribution in [0.3, 0.4) is 0 Å². The molecule has 0 bridgehead atoms. The van der Waals surface area contributed by atoms with Gasteiger partial charge in [0.1, 0.15) is 0 Å². The van der Waals surface area contributed by atoms with Crippen LogP contribution in [-0.4, -0.2) is 5.97 Å². The van der Waals surface area contributed by atoms with Crippen LogP contribution in [0, 0.1) is 0 Å². The number of benzene rings is 1. The first-order valence-electron chi connectivity index (χ1n) is 3.55. The van der Waals surface area contributed by atoms with Crippen LogP contribution in [0.2, 0.25) is 15.1 Å². The minimum Gasteiger partial charge on any atom is -0.438 e. The summed E-state index contributed by atoms with van der Waals surface area (Å²) in [6.07, 6.45) is 0. The monoisotopic (exact) mass is 270 g/mol. The SMILES string of the molecule is O=C1OC(Cl)c2c1cc(Cl)c(Cl)c2Cl. The third-order valence-electron chi connectivity index (χ3n) is 1.86. The van der Waals surface area contributed by atoms with Crippen LogP contribution in [0.4, 0.5) is 0 Å². The summed E-state index contributed by atoms with van der Waals surface area (Å²) in [6.45, 7) is 0. The first-order valence-corrected chi connectivity index (χ1v) is 5.12. The second kappa shape index (κ2) is 3.46. The van der Waals surface area contributed by atoms with E-state index in [0.717, 1.165) is 0 Å². The Morgan fingerprint density at radius 2 is 1.86 bits per heavy atom. The molecule has 0 aliphatic carbocycles. The van der Waals surface area contributed by atoms with Crippen LogP contribution in [0.25, 0.3) is 0 Å². The zero-order valence-corrected chi connectivity index (χ0v) is 9.51. The van der Waals surface area contributed by atoms with E-state index in [1.54, 1.807) is 0 Å². The highest BCUT2D eigenvalue weighted by molar-refractivity contribution is 6.49. The Hall–Kier alpha value is -0.150. The van der Waals surface area contributed by atoms with Gasteiger partial charge in [0, 0.05) is 5.56 Å². The van der Waals surface area contributed by atoms with Gasteiger partial charge in [-0.2, -0.15) is 0 Å². The molecule has 1 unspecified atom stereocenters. The van der Waals surface area contributed by atoms with Crippen molar-refractivity contribution in [2.24, 2.45) is 0 Å². The number of alkyl halides is 1. The maximum atomic E-state index is 11.2. The van der Waals surface area contributed by atoms with Gasteiger partial charge in [-0.3, -0.25) is 0 Å². The number of carbonyl (C=O) groups is 1. The molecule has 1 heterocycles. The van der Waals surface area contributed by atoms with Gasteiger partial charge in [-0.1, -0.05) is 46.4 Å². The Kier molecular flexibility index (Phi) is 2.56. The van der Waals surface area contributed by atoms with Gasteiger partial charge in [0.2, 0.25) is 5.56 Å². The van der Waals surface area contributed by atoms with E-state index in [-0.39, 0.29) is 20.6 Å². The van der Waals surface area contributed by atoms with Crippen molar-refractivity contribution in [3.05, 3.63) is 32.3 Å². The second-order valence-corrected chi connectivity index (χ2v) is 4.23. The van der Waals surface area contributed by atoms with E-state index < -0.39 is 11.5 Å². The first kappa shape index (κ1) is 10.4. The average Bonchev–Trinajstić information content (AvgIpc) is 2.38. The third kappa shape index (κ3) is 1.38. The molecular formula is C8H2Cl4O2. The van der Waals surface area contributed by atoms with E-state index in [1.165, 1.54) is 6.07 Å². The van der Waals surface area contributed by atoms with Gasteiger partial charge in [-0.05, 0) is 6.07 Å². The van der Waals surface area contributed by atoms with Gasteiger partial charge in [-0.15, -0.1) is 0 Å². The molecule has 0 aromatic heterocycles. The van der Waals surface area contributed by atoms with Gasteiger partial charge < -0.3 is 4.74 Å². The summed E-state index contributed by atoms with van der Waals surface area (Å²) in [5.74, 6) is -0.541. The minimum atomic E-state index is -0.889. The molecule has 0 saturated carbocycles. The van der Waals surface area contributed by atoms with Crippen molar-refractivity contribution in [3.8, 4) is 0 Å². The summed E-state index contributed by atoms with van der Waals surface area (Å²) in [6, 6.07) is 1.40. The standard InChI is InChI=1S/C8H2Cl4O2/c9-3-1-2-4(6(11)5(3)10)7(12)14-8(2)13/h1,7H. The Balaban J connectivity index is 2.76. The molecule has 1 aromatic rings. The Labute approximate surface area is 99.6 Å². The molecule has 0 amide bonds. The largest absolute Gasteiger partial charge is 0.438 e. The van der Waals surface area contributed by atoms with Gasteiger partial charge in [-0.25, -0.2) is 4.79 Å². The molecule has 0 saturated heterocycles. The number of cyclic esters (lactones) is 1. The number of hydrogen-bond donors (Lipinski definition) is 0. The van der Waals surface area contributed by atoms with E-state index in [0.29, 0.717) is 5.56 Å². The Morgan fingerprint density at radius 3 is 2.50 bits per heavy atom. The van der Waals surface area contributed by atoms with Crippen molar-refractivity contribution in [2.45, 2.75) is 5.56 Å². The summed E-state index contributed by atoms with van der Waals surface area (Å²) < 4.78 is 4.75. The normalized spacial score (nSPS) is 19.4. The summed E-state index contributed by atoms with van der Waals surface area (Å²) in [5, 5.41) is 0.550. The van der Waals surface area contributed by atoms with Gasteiger partial charge in [0.05, 0.1) is 20.6 Å². The maximum Gasteiger partial charge on any atom is 0.340 e. The van der Waals surface area contributed by atoms with Crippen LogP contribution in [0.5, 0.6) is 0 Å². The van der Waals surface area contributed by atoms with E-state index in [9.17, 15) is 4.79 Å². The quantitative estimate of drug-likeness (QED) is 0.404. The van der Waals surface area contributed by atoms with Crippen molar-refractivity contribution >= 4 is 52.4 Å². The average molecular weight is 272 g/mol. The van der Waals surface area contributed by atoms with Crippen molar-refractivity contribution in [1.82, 2.24) is 0 Å². The van der Waals surface area contributed by atoms with Gasteiger partial charge in [0.15, 0.2) is 0 Å². The molecule has 2 rings (SSSR count). The number of hydrogen-bond acceptors (Lipinski definition) is 2. The first-order chi connectivity index (χ1) is 6.52. The van der Waals surface area contributed by atoms with Crippen molar-refractivity contribution in [2.75, 3.05) is 0 Å². The predicted molar refractivity (Wildman–Crippen MR) is 55.5 cm³/mol. The highest BCUT2D eigenvalue weighted by atomic mass is 35.5. The zero-order chi connectivity index (χ0) is 10.5. The fourth-order valence-corrected chi connectivity index (χ4v) is 2.29. The number of carbonyl (C=O) groups excluding carboxylic acids is 1. The maximum absolute atomic E-state index is 11.2. The molecule has 2 nitrogen and oxygen atoms in total. The Bertz CT molecular complexity index is 430. The second-order valence-electron chi connectivity index (χ2n) is 2.67. The van der Waals surface area contributed by atoms with E-state index in [1.807, 2.05) is 0 Å². The number of rotatable bonds is 0. The van der Waals surface area contributed by atoms with Gasteiger partial charge in [0.25, 0.3) is 0 Å². The lowest BCUT2D eigenvalue weighted by Gasteiger charge is -2.05. The van der Waals surface area contributed by atoms with Crippen molar-refractivity contribution < 1.29 is 9.53 Å². The number of esters is 1. The number of halogens is 4. The van der Waals surface area contributed by atoms with Crippen LogP contribution in [0.15, 0.2) is 6.07 Å². The molecule has 0 N–H and O–H groups in total.